The number of rotatable bonds is 3. The van der Waals surface area contributed by atoms with Crippen molar-refractivity contribution in [3.05, 3.63) is 65.9 Å². The molecule has 0 aliphatic rings. The second-order valence-electron chi connectivity index (χ2n) is 4.57. The van der Waals surface area contributed by atoms with E-state index in [2.05, 4.69) is 54.4 Å². The number of nitrogens with zero attached hydrogens (tertiary/aromatic N) is 1. The molecule has 19 heavy (non-hydrogen) atoms. The molecule has 0 saturated heterocycles. The third-order valence-corrected chi connectivity index (χ3v) is 3.09. The van der Waals surface area contributed by atoms with Crippen molar-refractivity contribution in [3.63, 3.8) is 0 Å². The molecule has 0 bridgehead atoms. The number of fused-ring (bicyclic) bond motifs is 1. The van der Waals surface area contributed by atoms with Crippen molar-refractivity contribution < 1.29 is 0 Å². The van der Waals surface area contributed by atoms with E-state index in [1.54, 1.807) is 6.20 Å². The first-order valence-corrected chi connectivity index (χ1v) is 6.56. The van der Waals surface area contributed by atoms with E-state index in [1.807, 2.05) is 26.1 Å². The first-order valence-electron chi connectivity index (χ1n) is 6.56. The molecule has 2 rings (SSSR count). The first-order chi connectivity index (χ1) is 9.24. The van der Waals surface area contributed by atoms with E-state index in [4.69, 9.17) is 0 Å². The summed E-state index contributed by atoms with van der Waals surface area (Å²) in [5, 5.41) is 2.55. The molecule has 0 fully saturated rings. The Balaban J connectivity index is 2.42. The average molecular weight is 249 g/mol. The Labute approximate surface area is 115 Å². The van der Waals surface area contributed by atoms with E-state index in [-0.39, 0.29) is 0 Å². The molecule has 0 radical (unpaired) electrons. The Kier molecular flexibility index (Phi) is 4.30. The van der Waals surface area contributed by atoms with Crippen LogP contribution in [0.5, 0.6) is 0 Å². The highest BCUT2D eigenvalue weighted by Gasteiger charge is 2.00. The normalized spacial score (nSPS) is 12.9. The maximum absolute atomic E-state index is 4.26. The predicted octanol–water partition coefficient (Wildman–Crippen LogP) is 5.16. The van der Waals surface area contributed by atoms with Crippen LogP contribution < -0.4 is 0 Å². The topological polar surface area (TPSA) is 12.4 Å². The molecule has 96 valence electrons. The molecule has 1 heteroatoms. The summed E-state index contributed by atoms with van der Waals surface area (Å²) in [4.78, 5) is 4.26. The summed E-state index contributed by atoms with van der Waals surface area (Å²) in [7, 11) is 0. The molecule has 2 aromatic carbocycles. The van der Waals surface area contributed by atoms with E-state index >= 15 is 0 Å². The molecule has 0 spiro atoms. The van der Waals surface area contributed by atoms with E-state index in [0.717, 1.165) is 5.57 Å². The van der Waals surface area contributed by atoms with Gasteiger partial charge in [-0.1, -0.05) is 48.0 Å². The molecular weight excluding hydrogens is 230 g/mol. The van der Waals surface area contributed by atoms with E-state index < -0.39 is 0 Å². The lowest BCUT2D eigenvalue weighted by Crippen LogP contribution is -1.86. The number of aliphatic imine (C=N–C) groups is 1. The van der Waals surface area contributed by atoms with Crippen molar-refractivity contribution in [2.24, 2.45) is 4.99 Å². The van der Waals surface area contributed by atoms with Gasteiger partial charge in [-0.3, -0.25) is 4.99 Å². The van der Waals surface area contributed by atoms with Crippen LogP contribution in [0.3, 0.4) is 0 Å². The van der Waals surface area contributed by atoms with Gasteiger partial charge in [-0.15, -0.1) is 0 Å². The van der Waals surface area contributed by atoms with Gasteiger partial charge in [0.25, 0.3) is 0 Å². The minimum Gasteiger partial charge on any atom is -0.264 e. The predicted molar refractivity (Wildman–Crippen MR) is 85.6 cm³/mol. The Hall–Kier alpha value is -2.15. The maximum Gasteiger partial charge on any atom is 0.0342 e. The molecule has 0 atom stereocenters. The smallest absolute Gasteiger partial charge is 0.0342 e. The lowest BCUT2D eigenvalue weighted by Gasteiger charge is -2.05. The van der Waals surface area contributed by atoms with Gasteiger partial charge >= 0.3 is 0 Å². The molecule has 0 aliphatic heterocycles. The quantitative estimate of drug-likeness (QED) is 0.666. The highest BCUT2D eigenvalue weighted by Crippen LogP contribution is 2.21. The van der Waals surface area contributed by atoms with Crippen molar-refractivity contribution >= 4 is 22.6 Å². The van der Waals surface area contributed by atoms with E-state index in [9.17, 15) is 0 Å². The van der Waals surface area contributed by atoms with Gasteiger partial charge < -0.3 is 0 Å². The number of aryl methyl sites for hydroxylation is 1. The van der Waals surface area contributed by atoms with Crippen LogP contribution in [0, 0.1) is 6.92 Å². The van der Waals surface area contributed by atoms with E-state index in [0.29, 0.717) is 0 Å². The van der Waals surface area contributed by atoms with E-state index in [1.165, 1.54) is 21.9 Å². The molecule has 0 saturated carbocycles. The van der Waals surface area contributed by atoms with Crippen LogP contribution in [0.2, 0.25) is 0 Å². The lowest BCUT2D eigenvalue weighted by atomic mass is 10.0. The van der Waals surface area contributed by atoms with Crippen molar-refractivity contribution in [1.82, 2.24) is 0 Å². The fraction of sp³-hybridized carbons (Fsp3) is 0.167. The zero-order valence-corrected chi connectivity index (χ0v) is 11.7. The molecule has 0 amide bonds. The van der Waals surface area contributed by atoms with Crippen molar-refractivity contribution in [2.75, 3.05) is 0 Å². The minimum absolute atomic E-state index is 1.14. The van der Waals surface area contributed by atoms with Crippen LogP contribution in [0.15, 0.2) is 59.7 Å². The van der Waals surface area contributed by atoms with Gasteiger partial charge in [0.1, 0.15) is 0 Å². The SMILES string of the molecule is C\C=C/N=C\C(=C/C)c1ccc2cc(C)ccc2c1. The third-order valence-electron chi connectivity index (χ3n) is 3.09. The second-order valence-corrected chi connectivity index (χ2v) is 4.57. The Morgan fingerprint density at radius 2 is 1.74 bits per heavy atom. The molecule has 1 nitrogen and oxygen atoms in total. The van der Waals surface area contributed by atoms with Crippen LogP contribution in [0.25, 0.3) is 16.3 Å². The van der Waals surface area contributed by atoms with Crippen LogP contribution >= 0.6 is 0 Å². The van der Waals surface area contributed by atoms with Gasteiger partial charge in [0.2, 0.25) is 0 Å². The monoisotopic (exact) mass is 249 g/mol. The second kappa shape index (κ2) is 6.14. The number of benzene rings is 2. The molecule has 0 aliphatic carbocycles. The van der Waals surface area contributed by atoms with Gasteiger partial charge in [0, 0.05) is 12.4 Å². The van der Waals surface area contributed by atoms with Crippen molar-refractivity contribution in [3.8, 4) is 0 Å². The molecule has 0 unspecified atom stereocenters. The average Bonchev–Trinajstić information content (AvgIpc) is 2.43. The minimum atomic E-state index is 1.14. The Morgan fingerprint density at radius 1 is 1.00 bits per heavy atom. The summed E-state index contributed by atoms with van der Waals surface area (Å²) in [5.74, 6) is 0. The van der Waals surface area contributed by atoms with Gasteiger partial charge in [-0.05, 0) is 48.7 Å². The highest BCUT2D eigenvalue weighted by atomic mass is 14.7. The Morgan fingerprint density at radius 3 is 2.47 bits per heavy atom. The molecule has 0 heterocycles. The molecular formula is C18H19N. The number of hydrogen-bond acceptors (Lipinski definition) is 1. The maximum atomic E-state index is 4.26. The lowest BCUT2D eigenvalue weighted by molar-refractivity contribution is 1.50. The summed E-state index contributed by atoms with van der Waals surface area (Å²) in [5.41, 5.74) is 3.63. The van der Waals surface area contributed by atoms with Crippen LogP contribution in [-0.2, 0) is 0 Å². The van der Waals surface area contributed by atoms with Crippen molar-refractivity contribution in [1.29, 1.82) is 0 Å². The Bertz CT molecular complexity index is 660. The standard InChI is InChI=1S/C18H19N/c1-4-10-19-13-15(5-2)17-9-8-16-11-14(3)6-7-18(16)12-17/h4-13H,1-3H3/b10-4-,15-5+,19-13-. The molecule has 0 aromatic heterocycles. The van der Waals surface area contributed by atoms with Gasteiger partial charge in [-0.25, -0.2) is 0 Å². The summed E-state index contributed by atoms with van der Waals surface area (Å²) >= 11 is 0. The first kappa shape index (κ1) is 13.3. The summed E-state index contributed by atoms with van der Waals surface area (Å²) in [6.07, 6.45) is 7.71. The fourth-order valence-corrected chi connectivity index (χ4v) is 2.07. The van der Waals surface area contributed by atoms with Crippen LogP contribution in [0.1, 0.15) is 25.0 Å². The summed E-state index contributed by atoms with van der Waals surface area (Å²) in [6.45, 7) is 6.12. The third kappa shape index (κ3) is 3.19. The highest BCUT2D eigenvalue weighted by molar-refractivity contribution is 6.10. The molecule has 0 N–H and O–H groups in total. The zero-order valence-electron chi connectivity index (χ0n) is 11.7. The summed E-state index contributed by atoms with van der Waals surface area (Å²) < 4.78 is 0. The van der Waals surface area contributed by atoms with Gasteiger partial charge in [0.05, 0.1) is 0 Å². The molecule has 2 aromatic rings. The van der Waals surface area contributed by atoms with Crippen molar-refractivity contribution in [2.45, 2.75) is 20.8 Å². The fourth-order valence-electron chi connectivity index (χ4n) is 2.07. The number of allylic oxidation sites excluding steroid dienone is 3. The zero-order chi connectivity index (χ0) is 13.7. The van der Waals surface area contributed by atoms with Crippen LogP contribution in [-0.4, -0.2) is 6.21 Å². The summed E-state index contributed by atoms with van der Waals surface area (Å²) in [6, 6.07) is 13.1. The largest absolute Gasteiger partial charge is 0.264 e. The van der Waals surface area contributed by atoms with Gasteiger partial charge in [0.15, 0.2) is 0 Å². The van der Waals surface area contributed by atoms with Gasteiger partial charge in [-0.2, -0.15) is 0 Å². The number of hydrogen-bond donors (Lipinski definition) is 0. The van der Waals surface area contributed by atoms with Crippen LogP contribution in [0.4, 0.5) is 0 Å².